The van der Waals surface area contributed by atoms with E-state index in [9.17, 15) is 36.5 Å². The highest BCUT2D eigenvalue weighted by atomic mass is 35.5. The number of aryl methyl sites for hydroxylation is 1. The fraction of sp³-hybridized carbons (Fsp3) is 0.260. The van der Waals surface area contributed by atoms with E-state index in [0.717, 1.165) is 18.2 Å². The standard InChI is InChI=1S/C50H50ClN5O10S2/c1-30-23-31(9-10-33(30)25-34(28-52)48-54-42-26-35(13-22-43(42)65-48)50(5,6)29-49(2,3)4)24-44(57)66-46(45(58)32-11-17-38(64-7)18-12-32)47(59)53-41-27-37(16-21-40(41)51)56-68(62,63)39-19-14-36(15-20-39)55-67(8,60)61/h9-23,25-27,46,55-56H,24,29H2,1-8H3,(H,53,59)/b34-25+. The van der Waals surface area contributed by atoms with Gasteiger partial charge in [-0.3, -0.25) is 23.8 Å². The number of nitriles is 1. The number of halogens is 1. The van der Waals surface area contributed by atoms with Gasteiger partial charge in [0.15, 0.2) is 5.58 Å². The molecule has 0 bridgehead atoms. The quantitative estimate of drug-likeness (QED) is 0.0336. The predicted octanol–water partition coefficient (Wildman–Crippen LogP) is 9.72. The number of esters is 1. The number of nitrogens with zero attached hydrogens (tertiary/aromatic N) is 2. The molecule has 0 aliphatic carbocycles. The second-order valence-electron chi connectivity index (χ2n) is 18.0. The van der Waals surface area contributed by atoms with Crippen molar-refractivity contribution in [2.75, 3.05) is 28.1 Å². The molecule has 1 atom stereocenters. The number of benzene rings is 5. The number of fused-ring (bicyclic) bond motifs is 1. The molecule has 0 aliphatic rings. The second-order valence-corrected chi connectivity index (χ2v) is 21.8. The average Bonchev–Trinajstić information content (AvgIpc) is 3.68. The van der Waals surface area contributed by atoms with Crippen LogP contribution in [-0.4, -0.2) is 58.9 Å². The maximum atomic E-state index is 13.9. The van der Waals surface area contributed by atoms with Crippen molar-refractivity contribution in [3.8, 4) is 11.8 Å². The van der Waals surface area contributed by atoms with Crippen LogP contribution in [0, 0.1) is 23.7 Å². The Morgan fingerprint density at radius 1 is 0.868 bits per heavy atom. The molecule has 6 aromatic rings. The van der Waals surface area contributed by atoms with Gasteiger partial charge < -0.3 is 19.2 Å². The van der Waals surface area contributed by atoms with Crippen molar-refractivity contribution in [1.29, 1.82) is 5.26 Å². The van der Waals surface area contributed by atoms with Crippen LogP contribution >= 0.6 is 11.6 Å². The van der Waals surface area contributed by atoms with Crippen LogP contribution in [0.1, 0.15) is 79.5 Å². The van der Waals surface area contributed by atoms with Gasteiger partial charge in [-0.25, -0.2) is 21.8 Å². The third-order valence-electron chi connectivity index (χ3n) is 10.5. The Balaban J connectivity index is 1.19. The molecule has 0 saturated carbocycles. The van der Waals surface area contributed by atoms with Gasteiger partial charge in [-0.1, -0.05) is 70.5 Å². The zero-order chi connectivity index (χ0) is 49.8. The van der Waals surface area contributed by atoms with Crippen LogP contribution in [0.4, 0.5) is 17.1 Å². The van der Waals surface area contributed by atoms with E-state index in [1.54, 1.807) is 31.2 Å². The number of Topliss-reactive ketones (excluding diaryl/α,β-unsaturated/α-hetero) is 1. The Hall–Kier alpha value is -7.00. The molecule has 68 heavy (non-hydrogen) atoms. The zero-order valence-electron chi connectivity index (χ0n) is 38.6. The van der Waals surface area contributed by atoms with Gasteiger partial charge in [0.05, 0.1) is 41.1 Å². The van der Waals surface area contributed by atoms with Gasteiger partial charge in [-0.05, 0) is 131 Å². The number of aromatic nitrogens is 1. The first-order chi connectivity index (χ1) is 31.8. The summed E-state index contributed by atoms with van der Waals surface area (Å²) in [5.74, 6) is -2.28. The minimum atomic E-state index is -4.23. The lowest BCUT2D eigenvalue weighted by Crippen LogP contribution is -2.39. The lowest BCUT2D eigenvalue weighted by atomic mass is 9.72. The van der Waals surface area contributed by atoms with E-state index in [1.807, 2.05) is 18.2 Å². The highest BCUT2D eigenvalue weighted by Gasteiger charge is 2.33. The molecule has 6 rings (SSSR count). The van der Waals surface area contributed by atoms with Crippen LogP contribution in [0.15, 0.2) is 112 Å². The number of allylic oxidation sites excluding steroid dienone is 1. The Morgan fingerprint density at radius 2 is 1.54 bits per heavy atom. The molecule has 1 aromatic heterocycles. The number of oxazole rings is 1. The summed E-state index contributed by atoms with van der Waals surface area (Å²) in [6.07, 6.45) is 1.17. The van der Waals surface area contributed by atoms with Crippen LogP contribution in [0.3, 0.4) is 0 Å². The lowest BCUT2D eigenvalue weighted by molar-refractivity contribution is -0.150. The van der Waals surface area contributed by atoms with Crippen LogP contribution in [-0.2, 0) is 46.2 Å². The highest BCUT2D eigenvalue weighted by molar-refractivity contribution is 7.92. The van der Waals surface area contributed by atoms with Crippen LogP contribution < -0.4 is 19.5 Å². The smallest absolute Gasteiger partial charge is 0.311 e. The van der Waals surface area contributed by atoms with E-state index in [2.05, 4.69) is 60.4 Å². The summed E-state index contributed by atoms with van der Waals surface area (Å²) in [6.45, 7) is 12.8. The summed E-state index contributed by atoms with van der Waals surface area (Å²) in [4.78, 5) is 45.8. The molecular weight excluding hydrogens is 930 g/mol. The number of rotatable bonds is 17. The molecule has 0 radical (unpaired) electrons. The molecule has 0 aliphatic heterocycles. The van der Waals surface area contributed by atoms with Gasteiger partial charge >= 0.3 is 5.97 Å². The van der Waals surface area contributed by atoms with Crippen molar-refractivity contribution in [3.63, 3.8) is 0 Å². The molecule has 0 fully saturated rings. The topological polar surface area (TPSA) is 224 Å². The number of ketones is 1. The number of nitrogens with one attached hydrogen (secondary N) is 3. The van der Waals surface area contributed by atoms with Crippen molar-refractivity contribution in [3.05, 3.63) is 142 Å². The van der Waals surface area contributed by atoms with Crippen molar-refractivity contribution in [2.24, 2.45) is 5.41 Å². The first kappa shape index (κ1) is 50.4. The number of hydrogen-bond acceptors (Lipinski definition) is 12. The summed E-state index contributed by atoms with van der Waals surface area (Å²) in [5, 5.41) is 12.6. The number of anilines is 3. The van der Waals surface area contributed by atoms with Crippen molar-refractivity contribution in [1.82, 2.24) is 4.98 Å². The first-order valence-corrected chi connectivity index (χ1v) is 24.8. The fourth-order valence-electron chi connectivity index (χ4n) is 7.68. The molecule has 1 amide bonds. The molecular formula is C50H50ClN5O10S2. The van der Waals surface area contributed by atoms with E-state index < -0.39 is 43.8 Å². The number of sulfonamides is 2. The van der Waals surface area contributed by atoms with Gasteiger partial charge in [-0.2, -0.15) is 5.26 Å². The zero-order valence-corrected chi connectivity index (χ0v) is 40.9. The number of ether oxygens (including phenoxy) is 2. The van der Waals surface area contributed by atoms with Crippen molar-refractivity contribution < 1.29 is 45.1 Å². The van der Waals surface area contributed by atoms with Gasteiger partial charge in [0.25, 0.3) is 15.9 Å². The van der Waals surface area contributed by atoms with Gasteiger partial charge in [0.2, 0.25) is 27.8 Å². The van der Waals surface area contributed by atoms with Crippen LogP contribution in [0.5, 0.6) is 5.75 Å². The van der Waals surface area contributed by atoms with Crippen LogP contribution in [0.2, 0.25) is 5.02 Å². The molecule has 1 unspecified atom stereocenters. The summed E-state index contributed by atoms with van der Waals surface area (Å²) in [7, 11) is -6.39. The Kier molecular flexibility index (Phi) is 14.9. The molecule has 18 heteroatoms. The van der Waals surface area contributed by atoms with E-state index in [-0.39, 0.29) is 61.3 Å². The van der Waals surface area contributed by atoms with Crippen molar-refractivity contribution >= 4 is 89.1 Å². The van der Waals surface area contributed by atoms with E-state index in [4.69, 9.17) is 25.5 Å². The molecule has 0 saturated heterocycles. The Bertz CT molecular complexity index is 3210. The molecule has 1 heterocycles. The monoisotopic (exact) mass is 979 g/mol. The number of hydrogen-bond donors (Lipinski definition) is 3. The third-order valence-corrected chi connectivity index (χ3v) is 12.9. The number of carbonyl (C=O) groups is 3. The third kappa shape index (κ3) is 12.9. The lowest BCUT2D eigenvalue weighted by Gasteiger charge is -2.32. The summed E-state index contributed by atoms with van der Waals surface area (Å²) in [5.41, 5.74) is 4.31. The highest BCUT2D eigenvalue weighted by Crippen LogP contribution is 2.38. The van der Waals surface area contributed by atoms with Gasteiger partial charge in [-0.15, -0.1) is 0 Å². The van der Waals surface area contributed by atoms with Gasteiger partial charge in [0.1, 0.15) is 22.9 Å². The Labute approximate surface area is 400 Å². The van der Waals surface area contributed by atoms with Gasteiger partial charge in [0, 0.05) is 11.3 Å². The van der Waals surface area contributed by atoms with E-state index in [0.29, 0.717) is 33.5 Å². The first-order valence-electron chi connectivity index (χ1n) is 21.0. The molecule has 5 aromatic carbocycles. The number of amides is 1. The maximum Gasteiger partial charge on any atom is 0.311 e. The average molecular weight is 981 g/mol. The summed E-state index contributed by atoms with van der Waals surface area (Å²) in [6, 6.07) is 27.7. The SMILES string of the molecule is COc1ccc(C(=O)C(OC(=O)Cc2ccc(/C=C(\C#N)c3nc4cc(C(C)(C)CC(C)(C)C)ccc4o3)c(C)c2)C(=O)Nc2cc(NS(=O)(=O)c3ccc(NS(C)(=O)=O)cc3)ccc2Cl)cc1. The summed E-state index contributed by atoms with van der Waals surface area (Å²) >= 11 is 6.42. The molecule has 15 nitrogen and oxygen atoms in total. The number of carbonyl (C=O) groups excluding carboxylic acids is 3. The van der Waals surface area contributed by atoms with Crippen molar-refractivity contribution in [2.45, 2.75) is 70.8 Å². The molecule has 3 N–H and O–H groups in total. The largest absolute Gasteiger partial charge is 0.497 e. The van der Waals surface area contributed by atoms with E-state index in [1.165, 1.54) is 73.8 Å². The van der Waals surface area contributed by atoms with Crippen LogP contribution in [0.25, 0.3) is 22.7 Å². The molecule has 0 spiro atoms. The second kappa shape index (κ2) is 20.1. The molecule has 354 valence electrons. The normalized spacial score (nSPS) is 12.7. The minimum Gasteiger partial charge on any atom is -0.497 e. The predicted molar refractivity (Wildman–Crippen MR) is 262 cm³/mol. The van der Waals surface area contributed by atoms with E-state index >= 15 is 0 Å². The number of methoxy groups -OCH3 is 1. The minimum absolute atomic E-state index is 0.0214. The fourth-order valence-corrected chi connectivity index (χ4v) is 9.46. The summed E-state index contributed by atoms with van der Waals surface area (Å²) < 4.78 is 71.0. The Morgan fingerprint density at radius 3 is 2.16 bits per heavy atom. The maximum absolute atomic E-state index is 13.9.